The molecule has 0 spiro atoms. The second-order valence-corrected chi connectivity index (χ2v) is 15.2. The number of alkyl halides is 6. The van der Waals surface area contributed by atoms with Gasteiger partial charge in [0.15, 0.2) is 0 Å². The number of fused-ring (bicyclic) bond motifs is 3. The van der Waals surface area contributed by atoms with E-state index < -0.39 is 61.5 Å². The van der Waals surface area contributed by atoms with Gasteiger partial charge in [-0.15, -0.1) is 22.7 Å². The van der Waals surface area contributed by atoms with E-state index in [1.807, 2.05) is 30.3 Å². The molecule has 0 N–H and O–H groups in total. The van der Waals surface area contributed by atoms with Gasteiger partial charge in [-0.05, 0) is 83.3 Å². The molecule has 0 radical (unpaired) electrons. The predicted octanol–water partition coefficient (Wildman–Crippen LogP) is 10.9. The van der Waals surface area contributed by atoms with Crippen LogP contribution >= 0.6 is 22.7 Å². The van der Waals surface area contributed by atoms with Crippen LogP contribution in [0.4, 0.5) is 26.3 Å². The van der Waals surface area contributed by atoms with Crippen molar-refractivity contribution in [2.24, 2.45) is 0 Å². The summed E-state index contributed by atoms with van der Waals surface area (Å²) in [4.78, 5) is 50.3. The maximum absolute atomic E-state index is 12.9. The number of hydrogen-bond donors (Lipinski definition) is 0. The molecule has 0 amide bonds. The standard InChI is InChI=1S/C38H34F6O8S2/c1-3-33(45)49-25-9-11-27(50-34(46)4-2)23-13-19(5-7-21(23)25)29-15-31-32(53-29)16-30(54-31)20-6-8-22-24(14-20)28(52-36(48)18-38(42,43)44)12-10-26(22)51-35(47)17-37(39,40)41/h5-8,13-16,25-28H,3-4,9-12,17-18H2,1-2H3. The molecule has 0 aliphatic heterocycles. The Bertz CT molecular complexity index is 2030. The van der Waals surface area contributed by atoms with Gasteiger partial charge in [-0.3, -0.25) is 19.2 Å². The normalized spacial score (nSPS) is 19.8. The molecule has 4 unspecified atom stereocenters. The molecule has 4 aromatic rings. The van der Waals surface area contributed by atoms with Gasteiger partial charge in [0.05, 0.1) is 0 Å². The Labute approximate surface area is 313 Å². The van der Waals surface area contributed by atoms with Crippen molar-refractivity contribution >= 4 is 56.0 Å². The Morgan fingerprint density at radius 2 is 0.870 bits per heavy atom. The Morgan fingerprint density at radius 1 is 0.537 bits per heavy atom. The van der Waals surface area contributed by atoms with E-state index in [9.17, 15) is 45.5 Å². The lowest BCUT2D eigenvalue weighted by Crippen LogP contribution is -2.26. The number of ether oxygens (including phenoxy) is 4. The third-order valence-corrected chi connectivity index (χ3v) is 11.5. The maximum atomic E-state index is 12.9. The van der Waals surface area contributed by atoms with E-state index in [0.717, 1.165) is 35.8 Å². The molecular formula is C38H34F6O8S2. The summed E-state index contributed by atoms with van der Waals surface area (Å²) in [5.41, 5.74) is 3.53. The minimum atomic E-state index is -4.80. The van der Waals surface area contributed by atoms with Crippen molar-refractivity contribution in [2.45, 2.75) is 102 Å². The fourth-order valence-electron chi connectivity index (χ4n) is 6.65. The second kappa shape index (κ2) is 15.7. The van der Waals surface area contributed by atoms with E-state index in [2.05, 4.69) is 0 Å². The molecular weight excluding hydrogens is 763 g/mol. The summed E-state index contributed by atoms with van der Waals surface area (Å²) in [6.45, 7) is 3.43. The summed E-state index contributed by atoms with van der Waals surface area (Å²) in [6.07, 6.45) is -15.1. The van der Waals surface area contributed by atoms with Gasteiger partial charge in [0.1, 0.15) is 37.3 Å². The van der Waals surface area contributed by atoms with Crippen molar-refractivity contribution in [1.82, 2.24) is 0 Å². The molecule has 6 rings (SSSR count). The monoisotopic (exact) mass is 796 g/mol. The lowest BCUT2D eigenvalue weighted by Gasteiger charge is -2.31. The first-order valence-electron chi connectivity index (χ1n) is 17.2. The molecule has 16 heteroatoms. The van der Waals surface area contributed by atoms with Crippen LogP contribution in [0.3, 0.4) is 0 Å². The van der Waals surface area contributed by atoms with Gasteiger partial charge in [-0.2, -0.15) is 26.3 Å². The van der Waals surface area contributed by atoms with Crippen LogP contribution in [-0.2, 0) is 38.1 Å². The summed E-state index contributed by atoms with van der Waals surface area (Å²) in [7, 11) is 0. The topological polar surface area (TPSA) is 105 Å². The van der Waals surface area contributed by atoms with Crippen molar-refractivity contribution < 1.29 is 64.5 Å². The minimum Gasteiger partial charge on any atom is -0.457 e. The molecule has 2 aromatic carbocycles. The van der Waals surface area contributed by atoms with Gasteiger partial charge in [0.2, 0.25) is 0 Å². The Hall–Kier alpha value is -4.44. The second-order valence-electron chi connectivity index (χ2n) is 13.0. The summed E-state index contributed by atoms with van der Waals surface area (Å²) < 4.78 is 101. The summed E-state index contributed by atoms with van der Waals surface area (Å²) >= 11 is 2.92. The zero-order valence-corrected chi connectivity index (χ0v) is 30.6. The van der Waals surface area contributed by atoms with Crippen molar-refractivity contribution in [1.29, 1.82) is 0 Å². The lowest BCUT2D eigenvalue weighted by molar-refractivity contribution is -0.181. The van der Waals surface area contributed by atoms with Crippen molar-refractivity contribution in [3.63, 3.8) is 0 Å². The van der Waals surface area contributed by atoms with Crippen LogP contribution in [0.1, 0.15) is 112 Å². The summed E-state index contributed by atoms with van der Waals surface area (Å²) in [5.74, 6) is -3.67. The fourth-order valence-corrected chi connectivity index (χ4v) is 9.04. The molecule has 0 saturated heterocycles. The SMILES string of the molecule is CCC(=O)OC1CCC(OC(=O)CC)c2cc(-c3cc4sc(-c5ccc6c(c5)C(OC(=O)CC(F)(F)F)CCC6OC(=O)CC(F)(F)F)cc4s3)ccc21. The Morgan fingerprint density at radius 3 is 1.20 bits per heavy atom. The first-order valence-corrected chi connectivity index (χ1v) is 18.9. The average Bonchev–Trinajstić information content (AvgIpc) is 3.68. The van der Waals surface area contributed by atoms with Crippen molar-refractivity contribution in [3.8, 4) is 20.9 Å². The first-order chi connectivity index (χ1) is 25.5. The van der Waals surface area contributed by atoms with E-state index in [1.54, 1.807) is 26.0 Å². The number of rotatable bonds is 10. The van der Waals surface area contributed by atoms with Crippen LogP contribution in [0.25, 0.3) is 30.3 Å². The fraction of sp³-hybridized carbons (Fsp3) is 0.421. The average molecular weight is 797 g/mol. The molecule has 2 aromatic heterocycles. The van der Waals surface area contributed by atoms with Gasteiger partial charge >= 0.3 is 36.2 Å². The lowest BCUT2D eigenvalue weighted by atomic mass is 9.85. The highest BCUT2D eigenvalue weighted by atomic mass is 32.1. The third-order valence-electron chi connectivity index (χ3n) is 9.08. The van der Waals surface area contributed by atoms with Gasteiger partial charge in [-0.25, -0.2) is 0 Å². The molecule has 2 aliphatic rings. The van der Waals surface area contributed by atoms with Gasteiger partial charge in [-0.1, -0.05) is 38.1 Å². The van der Waals surface area contributed by atoms with Crippen LogP contribution < -0.4 is 0 Å². The highest BCUT2D eigenvalue weighted by molar-refractivity contribution is 7.31. The molecule has 8 nitrogen and oxygen atoms in total. The molecule has 0 saturated carbocycles. The van der Waals surface area contributed by atoms with Crippen LogP contribution in [0.2, 0.25) is 0 Å². The van der Waals surface area contributed by atoms with Gasteiger partial charge in [0.25, 0.3) is 0 Å². The number of halogens is 6. The van der Waals surface area contributed by atoms with Crippen LogP contribution in [-0.4, -0.2) is 36.2 Å². The molecule has 2 heterocycles. The maximum Gasteiger partial charge on any atom is 0.399 e. The van der Waals surface area contributed by atoms with Crippen molar-refractivity contribution in [3.05, 3.63) is 70.8 Å². The summed E-state index contributed by atoms with van der Waals surface area (Å²) in [5, 5.41) is 0. The number of hydrogen-bond acceptors (Lipinski definition) is 10. The third kappa shape index (κ3) is 9.25. The van der Waals surface area contributed by atoms with E-state index in [0.29, 0.717) is 18.4 Å². The molecule has 288 valence electrons. The smallest absolute Gasteiger partial charge is 0.399 e. The van der Waals surface area contributed by atoms with Gasteiger partial charge in [0, 0.05) is 32.0 Å². The molecule has 0 fully saturated rings. The Kier molecular flexibility index (Phi) is 11.4. The highest BCUT2D eigenvalue weighted by Gasteiger charge is 2.39. The zero-order chi connectivity index (χ0) is 38.9. The van der Waals surface area contributed by atoms with Crippen LogP contribution in [0, 0.1) is 0 Å². The number of esters is 4. The quantitative estimate of drug-likeness (QED) is 0.0887. The Balaban J connectivity index is 1.29. The summed E-state index contributed by atoms with van der Waals surface area (Å²) in [6, 6.07) is 14.5. The van der Waals surface area contributed by atoms with Crippen molar-refractivity contribution in [2.75, 3.05) is 0 Å². The number of carbonyl (C=O) groups excluding carboxylic acids is 4. The van der Waals surface area contributed by atoms with E-state index in [-0.39, 0.29) is 48.7 Å². The number of benzene rings is 2. The molecule has 4 atom stereocenters. The van der Waals surface area contributed by atoms with Crippen LogP contribution in [0.15, 0.2) is 48.5 Å². The number of carbonyl (C=O) groups is 4. The number of thiophene rings is 2. The molecule has 2 aliphatic carbocycles. The van der Waals surface area contributed by atoms with E-state index in [4.69, 9.17) is 18.9 Å². The zero-order valence-electron chi connectivity index (χ0n) is 28.9. The van der Waals surface area contributed by atoms with E-state index >= 15 is 0 Å². The first kappa shape index (κ1) is 39.3. The van der Waals surface area contributed by atoms with E-state index in [1.165, 1.54) is 28.7 Å². The minimum absolute atomic E-state index is 0.0631. The highest BCUT2D eigenvalue weighted by Crippen LogP contribution is 2.48. The van der Waals surface area contributed by atoms with Crippen LogP contribution in [0.5, 0.6) is 0 Å². The molecule has 0 bridgehead atoms. The molecule has 54 heavy (non-hydrogen) atoms. The largest absolute Gasteiger partial charge is 0.457 e. The van der Waals surface area contributed by atoms with Gasteiger partial charge < -0.3 is 18.9 Å². The predicted molar refractivity (Wildman–Crippen MR) is 186 cm³/mol.